The highest BCUT2D eigenvalue weighted by molar-refractivity contribution is 7.17. The van der Waals surface area contributed by atoms with E-state index in [9.17, 15) is 9.90 Å². The molecular weight excluding hydrogens is 354 g/mol. The zero-order chi connectivity index (χ0) is 17.6. The average Bonchev–Trinajstić information content (AvgIpc) is 3.09. The Balaban J connectivity index is 1.69. The van der Waals surface area contributed by atoms with Crippen LogP contribution >= 0.6 is 22.9 Å². The van der Waals surface area contributed by atoms with Crippen LogP contribution in [0.1, 0.15) is 29.0 Å². The summed E-state index contributed by atoms with van der Waals surface area (Å²) in [6.45, 7) is 3.58. The van der Waals surface area contributed by atoms with Gasteiger partial charge in [-0.15, -0.1) is 11.3 Å². The summed E-state index contributed by atoms with van der Waals surface area (Å²) in [5, 5.41) is 13.4. The second kappa shape index (κ2) is 6.36. The Kier molecular flexibility index (Phi) is 4.18. The van der Waals surface area contributed by atoms with Gasteiger partial charge in [0.05, 0.1) is 6.42 Å². The number of benzene rings is 2. The number of nitrogens with zero attached hydrogens (tertiary/aromatic N) is 1. The predicted molar refractivity (Wildman–Crippen MR) is 104 cm³/mol. The van der Waals surface area contributed by atoms with E-state index in [0.29, 0.717) is 0 Å². The number of aliphatic carboxylic acids is 1. The molecule has 1 aliphatic rings. The minimum Gasteiger partial charge on any atom is -0.481 e. The lowest BCUT2D eigenvalue weighted by Gasteiger charge is -2.20. The second-order valence-electron chi connectivity index (χ2n) is 6.64. The van der Waals surface area contributed by atoms with E-state index in [1.807, 2.05) is 12.1 Å². The topological polar surface area (TPSA) is 40.5 Å². The molecule has 0 radical (unpaired) electrons. The number of hydrogen-bond donors (Lipinski definition) is 1. The van der Waals surface area contributed by atoms with Gasteiger partial charge in [-0.05, 0) is 58.6 Å². The van der Waals surface area contributed by atoms with Crippen LogP contribution in [0.2, 0.25) is 5.02 Å². The SMILES string of the molecule is Cc1ccc2c(c1)N(Cc1csc3ccc(Cl)cc13)CC2CC(=O)O. The Labute approximate surface area is 155 Å². The molecule has 2 heterocycles. The van der Waals surface area contributed by atoms with Crippen LogP contribution in [0.15, 0.2) is 41.8 Å². The Hall–Kier alpha value is -2.04. The molecule has 0 bridgehead atoms. The van der Waals surface area contributed by atoms with E-state index < -0.39 is 5.97 Å². The first-order valence-corrected chi connectivity index (χ1v) is 9.50. The van der Waals surface area contributed by atoms with Crippen LogP contribution in [0.25, 0.3) is 10.1 Å². The molecule has 128 valence electrons. The summed E-state index contributed by atoms with van der Waals surface area (Å²) >= 11 is 7.89. The smallest absolute Gasteiger partial charge is 0.304 e. The lowest BCUT2D eigenvalue weighted by Crippen LogP contribution is -2.22. The van der Waals surface area contributed by atoms with E-state index in [-0.39, 0.29) is 12.3 Å². The fourth-order valence-corrected chi connectivity index (χ4v) is 4.76. The number of fused-ring (bicyclic) bond motifs is 2. The van der Waals surface area contributed by atoms with Crippen LogP contribution in [0, 0.1) is 6.92 Å². The van der Waals surface area contributed by atoms with Gasteiger partial charge in [-0.3, -0.25) is 4.79 Å². The maximum atomic E-state index is 11.2. The number of carbonyl (C=O) groups is 1. The molecule has 0 amide bonds. The van der Waals surface area contributed by atoms with Crippen molar-refractivity contribution in [3.05, 3.63) is 63.5 Å². The van der Waals surface area contributed by atoms with Gasteiger partial charge in [0.2, 0.25) is 0 Å². The van der Waals surface area contributed by atoms with Gasteiger partial charge in [-0.2, -0.15) is 0 Å². The Morgan fingerprint density at radius 3 is 2.96 bits per heavy atom. The second-order valence-corrected chi connectivity index (χ2v) is 7.99. The van der Waals surface area contributed by atoms with Crippen LogP contribution in [0.5, 0.6) is 0 Å². The van der Waals surface area contributed by atoms with E-state index >= 15 is 0 Å². The van der Waals surface area contributed by atoms with Gasteiger partial charge in [0, 0.05) is 34.4 Å². The quantitative estimate of drug-likeness (QED) is 0.663. The van der Waals surface area contributed by atoms with Crippen molar-refractivity contribution in [1.29, 1.82) is 0 Å². The van der Waals surface area contributed by atoms with Crippen LogP contribution < -0.4 is 4.90 Å². The van der Waals surface area contributed by atoms with Crippen molar-refractivity contribution in [2.45, 2.75) is 25.8 Å². The summed E-state index contributed by atoms with van der Waals surface area (Å²) in [6, 6.07) is 12.3. The van der Waals surface area contributed by atoms with E-state index in [0.717, 1.165) is 29.4 Å². The van der Waals surface area contributed by atoms with Gasteiger partial charge in [-0.25, -0.2) is 0 Å². The largest absolute Gasteiger partial charge is 0.481 e. The molecule has 0 spiro atoms. The van der Waals surface area contributed by atoms with Crippen molar-refractivity contribution in [3.63, 3.8) is 0 Å². The molecule has 2 aromatic carbocycles. The number of carboxylic acid groups (broad SMARTS) is 1. The summed E-state index contributed by atoms with van der Waals surface area (Å²) in [6.07, 6.45) is 0.169. The van der Waals surface area contributed by atoms with Crippen LogP contribution in [-0.4, -0.2) is 17.6 Å². The number of hydrogen-bond acceptors (Lipinski definition) is 3. The molecule has 3 aromatic rings. The van der Waals surface area contributed by atoms with Crippen molar-refractivity contribution in [3.8, 4) is 0 Å². The lowest BCUT2D eigenvalue weighted by atomic mass is 9.97. The van der Waals surface area contributed by atoms with Crippen molar-refractivity contribution in [2.24, 2.45) is 0 Å². The van der Waals surface area contributed by atoms with Crippen molar-refractivity contribution >= 4 is 44.7 Å². The highest BCUT2D eigenvalue weighted by atomic mass is 35.5. The molecule has 3 nitrogen and oxygen atoms in total. The number of halogens is 1. The van der Waals surface area contributed by atoms with Crippen molar-refractivity contribution in [1.82, 2.24) is 0 Å². The standard InChI is InChI=1S/C20H18ClNO2S/c1-12-2-4-16-13(7-20(23)24)9-22(18(16)6-12)10-14-11-25-19-5-3-15(21)8-17(14)19/h2-6,8,11,13H,7,9-10H2,1H3,(H,23,24). The number of rotatable bonds is 4. The van der Waals surface area contributed by atoms with Gasteiger partial charge in [-0.1, -0.05) is 23.7 Å². The third-order valence-corrected chi connectivity index (χ3v) is 6.05. The molecule has 0 saturated heterocycles. The third kappa shape index (κ3) is 3.12. The van der Waals surface area contributed by atoms with E-state index in [1.165, 1.54) is 21.2 Å². The summed E-state index contributed by atoms with van der Waals surface area (Å²) < 4.78 is 1.23. The van der Waals surface area contributed by atoms with Crippen LogP contribution in [0.3, 0.4) is 0 Å². The monoisotopic (exact) mass is 371 g/mol. The molecule has 0 fully saturated rings. The van der Waals surface area contributed by atoms with Crippen molar-refractivity contribution < 1.29 is 9.90 Å². The van der Waals surface area contributed by atoms with Gasteiger partial charge in [0.1, 0.15) is 0 Å². The molecule has 0 saturated carbocycles. The van der Waals surface area contributed by atoms with Crippen LogP contribution in [-0.2, 0) is 11.3 Å². The first kappa shape index (κ1) is 16.4. The summed E-state index contributed by atoms with van der Waals surface area (Å²) in [7, 11) is 0. The van der Waals surface area contributed by atoms with Gasteiger partial charge in [0.25, 0.3) is 0 Å². The molecule has 1 aromatic heterocycles. The number of carboxylic acids is 1. The van der Waals surface area contributed by atoms with Gasteiger partial charge in [0.15, 0.2) is 0 Å². The Morgan fingerprint density at radius 2 is 2.16 bits per heavy atom. The number of aryl methyl sites for hydroxylation is 1. The van der Waals surface area contributed by atoms with Crippen molar-refractivity contribution in [2.75, 3.05) is 11.4 Å². The molecule has 0 aliphatic carbocycles. The molecule has 5 heteroatoms. The fourth-order valence-electron chi connectivity index (χ4n) is 3.65. The minimum absolute atomic E-state index is 0.0431. The summed E-state index contributed by atoms with van der Waals surface area (Å²) in [4.78, 5) is 13.5. The molecule has 1 aliphatic heterocycles. The Morgan fingerprint density at radius 1 is 1.32 bits per heavy atom. The predicted octanol–water partition coefficient (Wildman–Crippen LogP) is 5.44. The maximum Gasteiger partial charge on any atom is 0.304 e. The maximum absolute atomic E-state index is 11.2. The first-order chi connectivity index (χ1) is 12.0. The molecular formula is C20H18ClNO2S. The zero-order valence-corrected chi connectivity index (χ0v) is 15.4. The number of anilines is 1. The third-order valence-electron chi connectivity index (χ3n) is 4.81. The molecule has 1 N–H and O–H groups in total. The van der Waals surface area contributed by atoms with Gasteiger partial charge < -0.3 is 10.0 Å². The van der Waals surface area contributed by atoms with E-state index in [1.54, 1.807) is 11.3 Å². The molecule has 4 rings (SSSR count). The Bertz CT molecular complexity index is 965. The lowest BCUT2D eigenvalue weighted by molar-refractivity contribution is -0.137. The molecule has 1 unspecified atom stereocenters. The fraction of sp³-hybridized carbons (Fsp3) is 0.250. The average molecular weight is 372 g/mol. The van der Waals surface area contributed by atoms with E-state index in [4.69, 9.17) is 11.6 Å². The highest BCUT2D eigenvalue weighted by Crippen LogP contribution is 2.40. The molecule has 25 heavy (non-hydrogen) atoms. The zero-order valence-electron chi connectivity index (χ0n) is 13.8. The summed E-state index contributed by atoms with van der Waals surface area (Å²) in [5.74, 6) is -0.701. The highest BCUT2D eigenvalue weighted by Gasteiger charge is 2.30. The first-order valence-electron chi connectivity index (χ1n) is 8.24. The van der Waals surface area contributed by atoms with Crippen LogP contribution in [0.4, 0.5) is 5.69 Å². The van der Waals surface area contributed by atoms with E-state index in [2.05, 4.69) is 41.5 Å². The number of thiophene rings is 1. The van der Waals surface area contributed by atoms with Gasteiger partial charge >= 0.3 is 5.97 Å². The normalized spacial score (nSPS) is 16.4. The minimum atomic E-state index is -0.744. The molecule has 1 atom stereocenters. The summed E-state index contributed by atoms with van der Waals surface area (Å²) in [5.41, 5.74) is 4.74.